The number of carbonyl (C=O) groups excluding carboxylic acids is 1. The molecule has 7 heteroatoms. The van der Waals surface area contributed by atoms with E-state index < -0.39 is 0 Å². The van der Waals surface area contributed by atoms with E-state index in [1.165, 1.54) is 35.9 Å². The summed E-state index contributed by atoms with van der Waals surface area (Å²) < 4.78 is 5.73. The average Bonchev–Trinajstić information content (AvgIpc) is 3.25. The fourth-order valence-electron chi connectivity index (χ4n) is 2.75. The van der Waals surface area contributed by atoms with Crippen LogP contribution in [0.15, 0.2) is 27.2 Å². The lowest BCUT2D eigenvalue weighted by atomic mass is 9.89. The summed E-state index contributed by atoms with van der Waals surface area (Å²) in [7, 11) is 1.82. The first-order chi connectivity index (χ1) is 11.2. The molecule has 0 aliphatic heterocycles. The van der Waals surface area contributed by atoms with Gasteiger partial charge in [-0.3, -0.25) is 4.79 Å². The van der Waals surface area contributed by atoms with Crippen molar-refractivity contribution in [2.75, 3.05) is 12.8 Å². The van der Waals surface area contributed by atoms with Gasteiger partial charge in [-0.1, -0.05) is 37.1 Å². The van der Waals surface area contributed by atoms with Crippen LogP contribution < -0.4 is 0 Å². The van der Waals surface area contributed by atoms with Crippen LogP contribution in [0.5, 0.6) is 0 Å². The van der Waals surface area contributed by atoms with Crippen LogP contribution in [-0.4, -0.2) is 33.8 Å². The number of thiophene rings is 1. The lowest BCUT2D eigenvalue weighted by Gasteiger charge is -2.17. The van der Waals surface area contributed by atoms with Crippen LogP contribution in [0.1, 0.15) is 48.8 Å². The predicted molar refractivity (Wildman–Crippen MR) is 91.6 cm³/mol. The van der Waals surface area contributed by atoms with E-state index in [2.05, 4.69) is 10.2 Å². The summed E-state index contributed by atoms with van der Waals surface area (Å²) in [5.74, 6) is 1.55. The number of rotatable bonds is 6. The van der Waals surface area contributed by atoms with E-state index >= 15 is 0 Å². The van der Waals surface area contributed by atoms with Gasteiger partial charge in [-0.2, -0.15) is 0 Å². The summed E-state index contributed by atoms with van der Waals surface area (Å²) in [4.78, 5) is 15.1. The topological polar surface area (TPSA) is 59.2 Å². The van der Waals surface area contributed by atoms with Crippen LogP contribution in [-0.2, 0) is 11.3 Å². The number of nitrogens with zero attached hydrogens (tertiary/aromatic N) is 3. The van der Waals surface area contributed by atoms with Gasteiger partial charge in [0.25, 0.3) is 5.22 Å². The second-order valence-electron chi connectivity index (χ2n) is 5.86. The van der Waals surface area contributed by atoms with Gasteiger partial charge in [-0.05, 0) is 24.3 Å². The second kappa shape index (κ2) is 7.97. The average molecular weight is 351 g/mol. The first-order valence-corrected chi connectivity index (χ1v) is 9.81. The number of amides is 1. The molecular formula is C16H21N3O2S2. The van der Waals surface area contributed by atoms with Gasteiger partial charge in [-0.15, -0.1) is 21.5 Å². The largest absolute Gasteiger partial charge is 0.416 e. The van der Waals surface area contributed by atoms with Gasteiger partial charge in [0, 0.05) is 17.8 Å². The fraction of sp³-hybridized carbons (Fsp3) is 0.562. The molecule has 0 radical (unpaired) electrons. The SMILES string of the molecule is CN(Cc1cccs1)C(=O)CSc1nnc(C2CCCCC2)o1. The highest BCUT2D eigenvalue weighted by Gasteiger charge is 2.22. The van der Waals surface area contributed by atoms with Gasteiger partial charge < -0.3 is 9.32 Å². The van der Waals surface area contributed by atoms with Crippen LogP contribution in [0.4, 0.5) is 0 Å². The fourth-order valence-corrected chi connectivity index (χ4v) is 4.22. The highest BCUT2D eigenvalue weighted by Crippen LogP contribution is 2.32. The highest BCUT2D eigenvalue weighted by molar-refractivity contribution is 7.99. The predicted octanol–water partition coefficient (Wildman–Crippen LogP) is 3.93. The van der Waals surface area contributed by atoms with Gasteiger partial charge in [0.15, 0.2) is 0 Å². The quantitative estimate of drug-likeness (QED) is 0.738. The van der Waals surface area contributed by atoms with Crippen LogP contribution in [0.3, 0.4) is 0 Å². The van der Waals surface area contributed by atoms with Crippen molar-refractivity contribution in [2.24, 2.45) is 0 Å². The molecule has 0 atom stereocenters. The Kier molecular flexibility index (Phi) is 5.72. The van der Waals surface area contributed by atoms with Gasteiger partial charge >= 0.3 is 0 Å². The molecule has 1 aliphatic carbocycles. The third-order valence-corrected chi connectivity index (χ3v) is 5.76. The molecule has 0 unspecified atom stereocenters. The summed E-state index contributed by atoms with van der Waals surface area (Å²) in [6, 6.07) is 4.04. The number of hydrogen-bond donors (Lipinski definition) is 0. The number of hydrogen-bond acceptors (Lipinski definition) is 6. The van der Waals surface area contributed by atoms with Crippen molar-refractivity contribution < 1.29 is 9.21 Å². The first kappa shape index (κ1) is 16.5. The normalized spacial score (nSPS) is 15.7. The molecule has 2 aromatic heterocycles. The molecule has 1 fully saturated rings. The van der Waals surface area contributed by atoms with Crippen LogP contribution in [0.25, 0.3) is 0 Å². The van der Waals surface area contributed by atoms with Crippen LogP contribution in [0, 0.1) is 0 Å². The molecule has 0 aromatic carbocycles. The molecule has 0 spiro atoms. The Morgan fingerprint density at radius 2 is 2.22 bits per heavy atom. The Morgan fingerprint density at radius 1 is 1.39 bits per heavy atom. The molecule has 3 rings (SSSR count). The summed E-state index contributed by atoms with van der Waals surface area (Å²) in [5.41, 5.74) is 0. The van der Waals surface area contributed by atoms with Crippen molar-refractivity contribution in [3.8, 4) is 0 Å². The lowest BCUT2D eigenvalue weighted by molar-refractivity contribution is -0.127. The van der Waals surface area contributed by atoms with E-state index in [9.17, 15) is 4.79 Å². The maximum atomic E-state index is 12.2. The Labute approximate surface area is 144 Å². The summed E-state index contributed by atoms with van der Waals surface area (Å²) in [6.07, 6.45) is 6.05. The second-order valence-corrected chi connectivity index (χ2v) is 7.82. The lowest BCUT2D eigenvalue weighted by Crippen LogP contribution is -2.27. The molecule has 0 saturated heterocycles. The van der Waals surface area contributed by atoms with Crippen molar-refractivity contribution in [3.05, 3.63) is 28.3 Å². The third-order valence-electron chi connectivity index (χ3n) is 4.09. The monoisotopic (exact) mass is 351 g/mol. The van der Waals surface area contributed by atoms with Gasteiger partial charge in [0.1, 0.15) is 0 Å². The Balaban J connectivity index is 1.48. The molecule has 23 heavy (non-hydrogen) atoms. The minimum Gasteiger partial charge on any atom is -0.416 e. The van der Waals surface area contributed by atoms with Crippen molar-refractivity contribution in [1.29, 1.82) is 0 Å². The van der Waals surface area contributed by atoms with Gasteiger partial charge in [-0.25, -0.2) is 0 Å². The Morgan fingerprint density at radius 3 is 2.96 bits per heavy atom. The van der Waals surface area contributed by atoms with Crippen LogP contribution >= 0.6 is 23.1 Å². The van der Waals surface area contributed by atoms with Crippen molar-refractivity contribution in [3.63, 3.8) is 0 Å². The zero-order valence-electron chi connectivity index (χ0n) is 13.2. The minimum absolute atomic E-state index is 0.0702. The maximum absolute atomic E-state index is 12.2. The molecule has 0 N–H and O–H groups in total. The molecule has 1 amide bonds. The molecule has 1 aliphatic rings. The number of aromatic nitrogens is 2. The zero-order valence-corrected chi connectivity index (χ0v) is 14.9. The number of thioether (sulfide) groups is 1. The Bertz CT molecular complexity index is 621. The molecule has 124 valence electrons. The number of carbonyl (C=O) groups is 1. The van der Waals surface area contributed by atoms with Gasteiger partial charge in [0.2, 0.25) is 11.8 Å². The van der Waals surface area contributed by atoms with E-state index in [4.69, 9.17) is 4.42 Å². The molecule has 2 heterocycles. The third kappa shape index (κ3) is 4.57. The summed E-state index contributed by atoms with van der Waals surface area (Å²) in [6.45, 7) is 0.647. The maximum Gasteiger partial charge on any atom is 0.277 e. The molecule has 0 bridgehead atoms. The van der Waals surface area contributed by atoms with E-state index in [-0.39, 0.29) is 5.91 Å². The molecular weight excluding hydrogens is 330 g/mol. The van der Waals surface area contributed by atoms with Crippen molar-refractivity contribution in [1.82, 2.24) is 15.1 Å². The molecule has 2 aromatic rings. The summed E-state index contributed by atoms with van der Waals surface area (Å²) in [5, 5.41) is 10.8. The summed E-state index contributed by atoms with van der Waals surface area (Å²) >= 11 is 2.99. The van der Waals surface area contributed by atoms with E-state index in [0.717, 1.165) is 18.7 Å². The first-order valence-electron chi connectivity index (χ1n) is 7.95. The Hall–Kier alpha value is -1.34. The van der Waals surface area contributed by atoms with E-state index in [1.54, 1.807) is 16.2 Å². The van der Waals surface area contributed by atoms with Crippen molar-refractivity contribution in [2.45, 2.75) is 49.8 Å². The van der Waals surface area contributed by atoms with Crippen LogP contribution in [0.2, 0.25) is 0 Å². The minimum atomic E-state index is 0.0702. The van der Waals surface area contributed by atoms with Crippen molar-refractivity contribution >= 4 is 29.0 Å². The molecule has 5 nitrogen and oxygen atoms in total. The molecule has 1 saturated carbocycles. The van der Waals surface area contributed by atoms with E-state index in [1.807, 2.05) is 24.6 Å². The smallest absolute Gasteiger partial charge is 0.277 e. The van der Waals surface area contributed by atoms with Gasteiger partial charge in [0.05, 0.1) is 12.3 Å². The zero-order chi connectivity index (χ0) is 16.1. The van der Waals surface area contributed by atoms with E-state index in [0.29, 0.717) is 23.4 Å². The highest BCUT2D eigenvalue weighted by atomic mass is 32.2. The standard InChI is InChI=1S/C16H21N3O2S2/c1-19(10-13-8-5-9-22-13)14(20)11-23-16-18-17-15(21-16)12-6-3-2-4-7-12/h5,8-9,12H,2-4,6-7,10-11H2,1H3.